The topological polar surface area (TPSA) is 38.0 Å². The molecule has 15 heavy (non-hydrogen) atoms. The predicted molar refractivity (Wildman–Crippen MR) is 72.5 cm³/mol. The van der Waals surface area contributed by atoms with Gasteiger partial charge in [-0.25, -0.2) is 0 Å². The Morgan fingerprint density at radius 1 is 1.47 bits per heavy atom. The summed E-state index contributed by atoms with van der Waals surface area (Å²) in [6.45, 7) is 0. The number of hydrogen-bond acceptors (Lipinski definition) is 3. The van der Waals surface area contributed by atoms with Crippen LogP contribution < -0.4 is 11.1 Å². The van der Waals surface area contributed by atoms with Gasteiger partial charge in [-0.2, -0.15) is 11.8 Å². The molecule has 82 valence electrons. The Morgan fingerprint density at radius 2 is 2.33 bits per heavy atom. The van der Waals surface area contributed by atoms with Gasteiger partial charge in [-0.1, -0.05) is 15.9 Å². The number of anilines is 2. The highest BCUT2D eigenvalue weighted by molar-refractivity contribution is 9.10. The van der Waals surface area contributed by atoms with E-state index in [1.54, 1.807) is 0 Å². The summed E-state index contributed by atoms with van der Waals surface area (Å²) in [4.78, 5) is 0. The van der Waals surface area contributed by atoms with Gasteiger partial charge in [0.05, 0.1) is 11.4 Å². The Bertz CT molecular complexity index is 337. The molecule has 0 aromatic heterocycles. The van der Waals surface area contributed by atoms with Crippen molar-refractivity contribution < 1.29 is 0 Å². The number of nitrogens with one attached hydrogen (secondary N) is 1. The van der Waals surface area contributed by atoms with Crippen LogP contribution in [-0.4, -0.2) is 17.5 Å². The van der Waals surface area contributed by atoms with Crippen molar-refractivity contribution in [2.24, 2.45) is 0 Å². The van der Waals surface area contributed by atoms with Crippen LogP contribution in [0.1, 0.15) is 12.8 Å². The minimum absolute atomic E-state index is 0.570. The fourth-order valence-electron chi connectivity index (χ4n) is 1.73. The maximum absolute atomic E-state index is 5.92. The zero-order valence-corrected chi connectivity index (χ0v) is 10.9. The lowest BCUT2D eigenvalue weighted by Crippen LogP contribution is -2.26. The van der Waals surface area contributed by atoms with Gasteiger partial charge in [-0.15, -0.1) is 0 Å². The highest BCUT2D eigenvalue weighted by Gasteiger charge is 2.14. The number of benzene rings is 1. The maximum atomic E-state index is 5.92. The molecular weight excluding hydrogens is 272 g/mol. The normalized spacial score (nSPS) is 21.3. The molecule has 1 aromatic rings. The molecular formula is C11H15BrN2S. The fourth-order valence-corrected chi connectivity index (χ4v) is 3.16. The number of rotatable bonds is 2. The minimum atomic E-state index is 0.570. The highest BCUT2D eigenvalue weighted by atomic mass is 79.9. The average Bonchev–Trinajstić information content (AvgIpc) is 2.25. The van der Waals surface area contributed by atoms with Crippen molar-refractivity contribution in [3.8, 4) is 0 Å². The van der Waals surface area contributed by atoms with E-state index < -0.39 is 0 Å². The smallest absolute Gasteiger partial charge is 0.0587 e. The Kier molecular flexibility index (Phi) is 3.81. The summed E-state index contributed by atoms with van der Waals surface area (Å²) in [6, 6.07) is 6.52. The molecule has 1 aromatic carbocycles. The molecule has 1 aliphatic heterocycles. The van der Waals surface area contributed by atoms with E-state index >= 15 is 0 Å². The first kappa shape index (κ1) is 11.1. The van der Waals surface area contributed by atoms with Crippen LogP contribution in [0.2, 0.25) is 0 Å². The summed E-state index contributed by atoms with van der Waals surface area (Å²) in [5, 5.41) is 3.51. The zero-order valence-electron chi connectivity index (χ0n) is 8.50. The van der Waals surface area contributed by atoms with E-state index in [1.807, 2.05) is 23.9 Å². The van der Waals surface area contributed by atoms with Crippen LogP contribution in [0.5, 0.6) is 0 Å². The summed E-state index contributed by atoms with van der Waals surface area (Å²) in [7, 11) is 0. The van der Waals surface area contributed by atoms with Crippen molar-refractivity contribution >= 4 is 39.1 Å². The SMILES string of the molecule is Nc1ccc(Br)cc1NC1CCCSC1. The van der Waals surface area contributed by atoms with E-state index in [9.17, 15) is 0 Å². The van der Waals surface area contributed by atoms with Crippen LogP contribution in [0.25, 0.3) is 0 Å². The summed E-state index contributed by atoms with van der Waals surface area (Å²) < 4.78 is 1.07. The molecule has 2 rings (SSSR count). The third kappa shape index (κ3) is 3.05. The van der Waals surface area contributed by atoms with Gasteiger partial charge in [0.25, 0.3) is 0 Å². The van der Waals surface area contributed by atoms with Crippen LogP contribution in [0.4, 0.5) is 11.4 Å². The first-order valence-corrected chi connectivity index (χ1v) is 7.10. The van der Waals surface area contributed by atoms with Crippen LogP contribution in [0.15, 0.2) is 22.7 Å². The third-order valence-corrected chi connectivity index (χ3v) is 4.24. The van der Waals surface area contributed by atoms with Gasteiger partial charge in [0.2, 0.25) is 0 Å². The second-order valence-electron chi connectivity index (χ2n) is 3.79. The molecule has 0 saturated carbocycles. The van der Waals surface area contributed by atoms with Gasteiger partial charge >= 0.3 is 0 Å². The molecule has 1 heterocycles. The van der Waals surface area contributed by atoms with Crippen LogP contribution >= 0.6 is 27.7 Å². The summed E-state index contributed by atoms with van der Waals surface area (Å²) >= 11 is 5.48. The van der Waals surface area contributed by atoms with Gasteiger partial charge in [0, 0.05) is 16.3 Å². The van der Waals surface area contributed by atoms with Gasteiger partial charge in [-0.3, -0.25) is 0 Å². The van der Waals surface area contributed by atoms with Crippen LogP contribution in [0, 0.1) is 0 Å². The number of hydrogen-bond donors (Lipinski definition) is 2. The maximum Gasteiger partial charge on any atom is 0.0587 e. The lowest BCUT2D eigenvalue weighted by molar-refractivity contribution is 0.685. The molecule has 0 spiro atoms. The van der Waals surface area contributed by atoms with E-state index in [-0.39, 0.29) is 0 Å². The molecule has 1 fully saturated rings. The van der Waals surface area contributed by atoms with Crippen molar-refractivity contribution in [1.82, 2.24) is 0 Å². The standard InChI is InChI=1S/C11H15BrN2S/c12-8-3-4-10(13)11(6-8)14-9-2-1-5-15-7-9/h3-4,6,9,14H,1-2,5,7,13H2. The van der Waals surface area contributed by atoms with E-state index in [4.69, 9.17) is 5.73 Å². The number of nitrogen functional groups attached to an aromatic ring is 1. The van der Waals surface area contributed by atoms with Crippen molar-refractivity contribution in [3.63, 3.8) is 0 Å². The molecule has 0 amide bonds. The Balaban J connectivity index is 2.05. The number of nitrogens with two attached hydrogens (primary N) is 1. The lowest BCUT2D eigenvalue weighted by Gasteiger charge is -2.24. The highest BCUT2D eigenvalue weighted by Crippen LogP contribution is 2.27. The Hall–Kier alpha value is -0.350. The monoisotopic (exact) mass is 286 g/mol. The van der Waals surface area contributed by atoms with Crippen LogP contribution in [0.3, 0.4) is 0 Å². The summed E-state index contributed by atoms with van der Waals surface area (Å²) in [6.07, 6.45) is 2.55. The predicted octanol–water partition coefficient (Wildman–Crippen LogP) is 3.34. The van der Waals surface area contributed by atoms with Crippen molar-refractivity contribution in [2.75, 3.05) is 22.6 Å². The van der Waals surface area contributed by atoms with Gasteiger partial charge in [0.1, 0.15) is 0 Å². The van der Waals surface area contributed by atoms with Crippen LogP contribution in [-0.2, 0) is 0 Å². The molecule has 0 radical (unpaired) electrons. The molecule has 4 heteroatoms. The fraction of sp³-hybridized carbons (Fsp3) is 0.455. The number of halogens is 1. The number of thioether (sulfide) groups is 1. The Morgan fingerprint density at radius 3 is 3.07 bits per heavy atom. The largest absolute Gasteiger partial charge is 0.397 e. The third-order valence-electron chi connectivity index (χ3n) is 2.54. The molecule has 1 saturated heterocycles. The van der Waals surface area contributed by atoms with Gasteiger partial charge < -0.3 is 11.1 Å². The van der Waals surface area contributed by atoms with Crippen molar-refractivity contribution in [2.45, 2.75) is 18.9 Å². The molecule has 1 atom stereocenters. The van der Waals surface area contributed by atoms with E-state index in [1.165, 1.54) is 24.3 Å². The van der Waals surface area contributed by atoms with E-state index in [2.05, 4.69) is 27.3 Å². The van der Waals surface area contributed by atoms with Gasteiger partial charge in [-0.05, 0) is 36.8 Å². The first-order valence-electron chi connectivity index (χ1n) is 5.15. The summed E-state index contributed by atoms with van der Waals surface area (Å²) in [5.41, 5.74) is 7.80. The average molecular weight is 287 g/mol. The molecule has 0 aliphatic carbocycles. The second kappa shape index (κ2) is 5.12. The Labute approximate surface area is 103 Å². The molecule has 3 N–H and O–H groups in total. The van der Waals surface area contributed by atoms with E-state index in [0.29, 0.717) is 6.04 Å². The first-order chi connectivity index (χ1) is 7.25. The summed E-state index contributed by atoms with van der Waals surface area (Å²) in [5.74, 6) is 2.48. The van der Waals surface area contributed by atoms with Gasteiger partial charge in [0.15, 0.2) is 0 Å². The quantitative estimate of drug-likeness (QED) is 0.819. The zero-order chi connectivity index (χ0) is 10.7. The van der Waals surface area contributed by atoms with E-state index in [0.717, 1.165) is 15.8 Å². The molecule has 1 aliphatic rings. The molecule has 2 nitrogen and oxygen atoms in total. The minimum Gasteiger partial charge on any atom is -0.397 e. The van der Waals surface area contributed by atoms with Crippen molar-refractivity contribution in [3.05, 3.63) is 22.7 Å². The van der Waals surface area contributed by atoms with Crippen molar-refractivity contribution in [1.29, 1.82) is 0 Å². The molecule has 1 unspecified atom stereocenters. The lowest BCUT2D eigenvalue weighted by atomic mass is 10.1. The second-order valence-corrected chi connectivity index (χ2v) is 5.86. The molecule has 0 bridgehead atoms.